The van der Waals surface area contributed by atoms with Crippen molar-refractivity contribution in [1.82, 2.24) is 0 Å². The average Bonchev–Trinajstić information content (AvgIpc) is 2.01. The van der Waals surface area contributed by atoms with Crippen LogP contribution in [0.25, 0.3) is 0 Å². The quantitative estimate of drug-likeness (QED) is 0.339. The minimum atomic E-state index is -0.563. The molecule has 0 aliphatic heterocycles. The molecule has 0 rings (SSSR count). The second kappa shape index (κ2) is 6.82. The largest absolute Gasteiger partial charge is 0.447 e. The van der Waals surface area contributed by atoms with Crippen molar-refractivity contribution in [3.8, 4) is 0 Å². The third-order valence-corrected chi connectivity index (χ3v) is 1.29. The van der Waals surface area contributed by atoms with Gasteiger partial charge in [0.1, 0.15) is 0 Å². The molecule has 0 saturated carbocycles. The number of carbonyl (C=O) groups is 1. The SMILES string of the molecule is C=CCCC(=O)OC(N)CCN. The summed E-state index contributed by atoms with van der Waals surface area (Å²) in [6, 6.07) is 0. The summed E-state index contributed by atoms with van der Waals surface area (Å²) >= 11 is 0. The van der Waals surface area contributed by atoms with E-state index >= 15 is 0 Å². The maximum absolute atomic E-state index is 10.9. The molecule has 0 amide bonds. The fourth-order valence-corrected chi connectivity index (χ4v) is 0.671. The van der Waals surface area contributed by atoms with E-state index in [-0.39, 0.29) is 5.97 Å². The van der Waals surface area contributed by atoms with Crippen LogP contribution in [-0.2, 0) is 9.53 Å². The number of hydrogen-bond acceptors (Lipinski definition) is 4. The van der Waals surface area contributed by atoms with Crippen molar-refractivity contribution in [3.63, 3.8) is 0 Å². The van der Waals surface area contributed by atoms with Crippen molar-refractivity contribution in [1.29, 1.82) is 0 Å². The summed E-state index contributed by atoms with van der Waals surface area (Å²) in [5.74, 6) is -0.296. The lowest BCUT2D eigenvalue weighted by molar-refractivity contribution is -0.148. The third kappa shape index (κ3) is 5.88. The molecule has 0 saturated heterocycles. The van der Waals surface area contributed by atoms with Gasteiger partial charge in [0.05, 0.1) is 0 Å². The lowest BCUT2D eigenvalue weighted by atomic mass is 10.3. The molecule has 4 nitrogen and oxygen atoms in total. The predicted octanol–water partition coefficient (Wildman–Crippen LogP) is 0.129. The first kappa shape index (κ1) is 11.1. The molecule has 0 radical (unpaired) electrons. The number of hydrogen-bond donors (Lipinski definition) is 2. The van der Waals surface area contributed by atoms with Crippen molar-refractivity contribution in [2.45, 2.75) is 25.5 Å². The van der Waals surface area contributed by atoms with Crippen LogP contribution in [0.5, 0.6) is 0 Å². The smallest absolute Gasteiger partial charge is 0.307 e. The molecule has 0 aliphatic carbocycles. The van der Waals surface area contributed by atoms with Crippen molar-refractivity contribution in [2.75, 3.05) is 6.54 Å². The summed E-state index contributed by atoms with van der Waals surface area (Å²) in [4.78, 5) is 10.9. The monoisotopic (exact) mass is 172 g/mol. The van der Waals surface area contributed by atoms with Gasteiger partial charge in [-0.2, -0.15) is 0 Å². The van der Waals surface area contributed by atoms with Crippen LogP contribution < -0.4 is 11.5 Å². The Bertz CT molecular complexity index is 148. The van der Waals surface area contributed by atoms with Crippen molar-refractivity contribution in [3.05, 3.63) is 12.7 Å². The van der Waals surface area contributed by atoms with E-state index in [0.29, 0.717) is 25.8 Å². The lowest BCUT2D eigenvalue weighted by Crippen LogP contribution is -2.29. The first-order valence-electron chi connectivity index (χ1n) is 3.96. The molecule has 4 heteroatoms. The minimum Gasteiger partial charge on any atom is -0.447 e. The zero-order valence-electron chi connectivity index (χ0n) is 7.16. The number of ether oxygens (including phenoxy) is 1. The standard InChI is InChI=1S/C8H16N2O2/c1-2-3-4-8(11)12-7(10)5-6-9/h2,7H,1,3-6,9-10H2. The lowest BCUT2D eigenvalue weighted by Gasteiger charge is -2.10. The van der Waals surface area contributed by atoms with Crippen LogP contribution in [0.2, 0.25) is 0 Å². The number of allylic oxidation sites excluding steroid dienone is 1. The maximum Gasteiger partial charge on any atom is 0.307 e. The minimum absolute atomic E-state index is 0.296. The number of nitrogens with two attached hydrogens (primary N) is 2. The average molecular weight is 172 g/mol. The topological polar surface area (TPSA) is 78.3 Å². The molecule has 0 aliphatic rings. The molecular formula is C8H16N2O2. The summed E-state index contributed by atoms with van der Waals surface area (Å²) in [7, 11) is 0. The normalized spacial score (nSPS) is 12.2. The molecule has 0 spiro atoms. The van der Waals surface area contributed by atoms with Gasteiger partial charge < -0.3 is 10.5 Å². The van der Waals surface area contributed by atoms with Crippen LogP contribution in [0, 0.1) is 0 Å². The summed E-state index contributed by atoms with van der Waals surface area (Å²) in [5, 5.41) is 0. The molecule has 0 aromatic carbocycles. The van der Waals surface area contributed by atoms with Crippen LogP contribution in [-0.4, -0.2) is 18.7 Å². The number of esters is 1. The first-order valence-corrected chi connectivity index (χ1v) is 3.96. The summed E-state index contributed by atoms with van der Waals surface area (Å²) in [6.07, 6.45) is 2.55. The van der Waals surface area contributed by atoms with E-state index in [1.807, 2.05) is 0 Å². The highest BCUT2D eigenvalue weighted by Crippen LogP contribution is 1.96. The first-order chi connectivity index (χ1) is 5.70. The van der Waals surface area contributed by atoms with Crippen LogP contribution in [0.1, 0.15) is 19.3 Å². The van der Waals surface area contributed by atoms with Crippen LogP contribution in [0.15, 0.2) is 12.7 Å². The van der Waals surface area contributed by atoms with Gasteiger partial charge in [-0.15, -0.1) is 6.58 Å². The van der Waals surface area contributed by atoms with E-state index in [0.717, 1.165) is 0 Å². The molecule has 0 bridgehead atoms. The molecule has 1 unspecified atom stereocenters. The fraction of sp³-hybridized carbons (Fsp3) is 0.625. The Hall–Kier alpha value is -0.870. The second-order valence-corrected chi connectivity index (χ2v) is 2.43. The molecule has 70 valence electrons. The van der Waals surface area contributed by atoms with Gasteiger partial charge in [-0.1, -0.05) is 6.08 Å². The fourth-order valence-electron chi connectivity index (χ4n) is 0.671. The van der Waals surface area contributed by atoms with E-state index < -0.39 is 6.23 Å². The molecular weight excluding hydrogens is 156 g/mol. The van der Waals surface area contributed by atoms with E-state index in [2.05, 4.69) is 6.58 Å². The maximum atomic E-state index is 10.9. The Morgan fingerprint density at radius 1 is 1.67 bits per heavy atom. The predicted molar refractivity (Wildman–Crippen MR) is 47.2 cm³/mol. The van der Waals surface area contributed by atoms with Crippen LogP contribution in [0.4, 0.5) is 0 Å². The molecule has 12 heavy (non-hydrogen) atoms. The van der Waals surface area contributed by atoms with E-state index in [1.54, 1.807) is 6.08 Å². The molecule has 1 atom stereocenters. The van der Waals surface area contributed by atoms with E-state index in [4.69, 9.17) is 16.2 Å². The second-order valence-electron chi connectivity index (χ2n) is 2.43. The van der Waals surface area contributed by atoms with Gasteiger partial charge in [-0.05, 0) is 13.0 Å². The zero-order valence-corrected chi connectivity index (χ0v) is 7.16. The van der Waals surface area contributed by atoms with Gasteiger partial charge in [-0.25, -0.2) is 0 Å². The molecule has 0 fully saturated rings. The zero-order chi connectivity index (χ0) is 9.40. The number of rotatable bonds is 6. The van der Waals surface area contributed by atoms with Crippen molar-refractivity contribution < 1.29 is 9.53 Å². The third-order valence-electron chi connectivity index (χ3n) is 1.29. The Balaban J connectivity index is 3.46. The van der Waals surface area contributed by atoms with Crippen molar-refractivity contribution >= 4 is 5.97 Å². The van der Waals surface area contributed by atoms with E-state index in [1.165, 1.54) is 0 Å². The highest BCUT2D eigenvalue weighted by Gasteiger charge is 2.07. The van der Waals surface area contributed by atoms with Crippen LogP contribution >= 0.6 is 0 Å². The molecule has 0 aromatic heterocycles. The number of carbonyl (C=O) groups excluding carboxylic acids is 1. The Kier molecular flexibility index (Phi) is 6.32. The summed E-state index contributed by atoms with van der Waals surface area (Å²) in [5.41, 5.74) is 10.6. The molecule has 0 heterocycles. The summed E-state index contributed by atoms with van der Waals surface area (Å²) in [6.45, 7) is 3.92. The molecule has 4 N–H and O–H groups in total. The Morgan fingerprint density at radius 3 is 2.83 bits per heavy atom. The highest BCUT2D eigenvalue weighted by atomic mass is 16.6. The molecule has 0 aromatic rings. The van der Waals surface area contributed by atoms with Crippen LogP contribution in [0.3, 0.4) is 0 Å². The van der Waals surface area contributed by atoms with Gasteiger partial charge in [0, 0.05) is 12.8 Å². The highest BCUT2D eigenvalue weighted by molar-refractivity contribution is 5.69. The van der Waals surface area contributed by atoms with Gasteiger partial charge in [0.2, 0.25) is 0 Å². The Labute approximate surface area is 72.6 Å². The van der Waals surface area contributed by atoms with Gasteiger partial charge in [0.15, 0.2) is 6.23 Å². The van der Waals surface area contributed by atoms with Gasteiger partial charge in [-0.3, -0.25) is 10.5 Å². The van der Waals surface area contributed by atoms with Gasteiger partial charge >= 0.3 is 5.97 Å². The van der Waals surface area contributed by atoms with Crippen molar-refractivity contribution in [2.24, 2.45) is 11.5 Å². The van der Waals surface area contributed by atoms with E-state index in [9.17, 15) is 4.79 Å². The van der Waals surface area contributed by atoms with Gasteiger partial charge in [0.25, 0.3) is 0 Å². The summed E-state index contributed by atoms with van der Waals surface area (Å²) < 4.78 is 4.80. The Morgan fingerprint density at radius 2 is 2.33 bits per heavy atom.